The van der Waals surface area contributed by atoms with Crippen LogP contribution in [0.1, 0.15) is 10.5 Å². The number of hydrogen-bond acceptors (Lipinski definition) is 6. The van der Waals surface area contributed by atoms with E-state index in [1.807, 2.05) is 23.9 Å². The van der Waals surface area contributed by atoms with Gasteiger partial charge in [0, 0.05) is 43.5 Å². The Labute approximate surface area is 204 Å². The van der Waals surface area contributed by atoms with Crippen molar-refractivity contribution in [3.63, 3.8) is 0 Å². The zero-order valence-corrected chi connectivity index (χ0v) is 19.3. The molecule has 5 rings (SSSR count). The highest BCUT2D eigenvalue weighted by Gasteiger charge is 2.16. The van der Waals surface area contributed by atoms with Gasteiger partial charge in [0.2, 0.25) is 5.43 Å². The molecule has 2 aromatic carbocycles. The van der Waals surface area contributed by atoms with Gasteiger partial charge in [-0.2, -0.15) is 5.10 Å². The molecule has 0 fully saturated rings. The lowest BCUT2D eigenvalue weighted by Gasteiger charge is -2.11. The number of pyridine rings is 1. The molecule has 9 nitrogen and oxygen atoms in total. The number of anilines is 1. The van der Waals surface area contributed by atoms with E-state index >= 15 is 0 Å². The molecule has 5 aromatic rings. The van der Waals surface area contributed by atoms with Gasteiger partial charge < -0.3 is 19.4 Å². The lowest BCUT2D eigenvalue weighted by Crippen LogP contribution is -2.25. The average molecular weight is 485 g/mol. The number of nitrogens with zero attached hydrogens (tertiary/aromatic N) is 4. The predicted octanol–water partition coefficient (Wildman–Crippen LogP) is 4.31. The molecule has 0 aliphatic carbocycles. The van der Waals surface area contributed by atoms with Crippen molar-refractivity contribution < 1.29 is 18.7 Å². The van der Waals surface area contributed by atoms with E-state index < -0.39 is 17.2 Å². The Balaban J connectivity index is 1.36. The van der Waals surface area contributed by atoms with E-state index in [-0.39, 0.29) is 17.1 Å². The van der Waals surface area contributed by atoms with Crippen molar-refractivity contribution in [2.45, 2.75) is 0 Å². The number of carbonyl (C=O) groups excluding carboxylic acids is 1. The molecule has 0 saturated carbocycles. The number of rotatable bonds is 6. The summed E-state index contributed by atoms with van der Waals surface area (Å²) in [5.74, 6) is -0.376. The monoisotopic (exact) mass is 485 g/mol. The third-order valence-corrected chi connectivity index (χ3v) is 5.50. The van der Waals surface area contributed by atoms with Crippen molar-refractivity contribution in [3.8, 4) is 22.9 Å². The number of carbonyl (C=O) groups is 1. The number of amides is 1. The molecular weight excluding hydrogens is 465 g/mol. The first-order valence-electron chi connectivity index (χ1n) is 10.9. The van der Waals surface area contributed by atoms with Crippen LogP contribution in [0.3, 0.4) is 0 Å². The fraction of sp³-hybridized carbons (Fsp3) is 0.0769. The number of aromatic nitrogens is 4. The molecule has 0 aliphatic heterocycles. The van der Waals surface area contributed by atoms with Crippen molar-refractivity contribution >= 4 is 22.6 Å². The lowest BCUT2D eigenvalue weighted by atomic mass is 10.2. The molecule has 3 aromatic heterocycles. The van der Waals surface area contributed by atoms with Gasteiger partial charge >= 0.3 is 0 Å². The molecular formula is C26H20FN5O4. The van der Waals surface area contributed by atoms with Crippen molar-refractivity contribution in [1.29, 1.82) is 0 Å². The van der Waals surface area contributed by atoms with Crippen LogP contribution in [0.2, 0.25) is 0 Å². The molecule has 180 valence electrons. The summed E-state index contributed by atoms with van der Waals surface area (Å²) in [6, 6.07) is 15.6. The zero-order chi connectivity index (χ0) is 25.2. The Hall–Kier alpha value is -4.99. The fourth-order valence-corrected chi connectivity index (χ4v) is 3.64. The molecule has 1 amide bonds. The molecule has 1 N–H and O–H groups in total. The highest BCUT2D eigenvalue weighted by Crippen LogP contribution is 2.31. The first-order valence-corrected chi connectivity index (χ1v) is 10.9. The Bertz CT molecular complexity index is 1640. The first-order chi connectivity index (χ1) is 17.4. The summed E-state index contributed by atoms with van der Waals surface area (Å²) in [6.45, 7) is 0. The summed E-state index contributed by atoms with van der Waals surface area (Å²) in [5, 5.41) is 7.40. The molecule has 0 aliphatic rings. The van der Waals surface area contributed by atoms with E-state index in [1.165, 1.54) is 29.1 Å². The second kappa shape index (κ2) is 9.34. The molecule has 0 bridgehead atoms. The minimum absolute atomic E-state index is 0.0240. The number of nitrogens with one attached hydrogen (secondary N) is 1. The quantitative estimate of drug-likeness (QED) is 0.385. The summed E-state index contributed by atoms with van der Waals surface area (Å²) in [5.41, 5.74) is 0.568. The number of aryl methyl sites for hydroxylation is 1. The van der Waals surface area contributed by atoms with Gasteiger partial charge in [-0.05, 0) is 48.5 Å². The van der Waals surface area contributed by atoms with Crippen molar-refractivity contribution in [3.05, 3.63) is 101 Å². The van der Waals surface area contributed by atoms with Gasteiger partial charge in [-0.25, -0.2) is 14.1 Å². The molecule has 0 saturated heterocycles. The minimum Gasteiger partial charge on any atom is -0.497 e. The maximum Gasteiger partial charge on any atom is 0.280 e. The van der Waals surface area contributed by atoms with Crippen molar-refractivity contribution in [2.75, 3.05) is 12.4 Å². The van der Waals surface area contributed by atoms with Crippen LogP contribution >= 0.6 is 0 Å². The number of halogens is 1. The van der Waals surface area contributed by atoms with Gasteiger partial charge in [-0.15, -0.1) is 0 Å². The van der Waals surface area contributed by atoms with Crippen LogP contribution in [-0.4, -0.2) is 32.3 Å². The third kappa shape index (κ3) is 4.39. The number of hydrogen-bond donors (Lipinski definition) is 1. The number of methoxy groups -OCH3 is 1. The van der Waals surface area contributed by atoms with Crippen LogP contribution in [0.25, 0.3) is 16.7 Å². The summed E-state index contributed by atoms with van der Waals surface area (Å²) < 4.78 is 29.0. The summed E-state index contributed by atoms with van der Waals surface area (Å²) in [7, 11) is 3.40. The van der Waals surface area contributed by atoms with Crippen LogP contribution < -0.4 is 20.2 Å². The molecule has 0 unspecified atom stereocenters. The van der Waals surface area contributed by atoms with E-state index in [2.05, 4.69) is 15.4 Å². The van der Waals surface area contributed by atoms with E-state index in [0.29, 0.717) is 22.8 Å². The predicted molar refractivity (Wildman–Crippen MR) is 132 cm³/mol. The summed E-state index contributed by atoms with van der Waals surface area (Å²) in [6.07, 6.45) is 4.87. The Morgan fingerprint density at radius 3 is 2.56 bits per heavy atom. The molecule has 36 heavy (non-hydrogen) atoms. The van der Waals surface area contributed by atoms with Crippen molar-refractivity contribution in [1.82, 2.24) is 19.3 Å². The second-order valence-corrected chi connectivity index (χ2v) is 7.85. The second-order valence-electron chi connectivity index (χ2n) is 7.85. The lowest BCUT2D eigenvalue weighted by molar-refractivity contribution is 0.101. The van der Waals surface area contributed by atoms with Crippen LogP contribution in [-0.2, 0) is 7.05 Å². The average Bonchev–Trinajstić information content (AvgIpc) is 3.27. The largest absolute Gasteiger partial charge is 0.497 e. The van der Waals surface area contributed by atoms with Gasteiger partial charge in [0.25, 0.3) is 5.91 Å². The Kier molecular flexibility index (Phi) is 5.91. The van der Waals surface area contributed by atoms with Crippen molar-refractivity contribution in [2.24, 2.45) is 7.05 Å². The zero-order valence-electron chi connectivity index (χ0n) is 19.3. The fourth-order valence-electron chi connectivity index (χ4n) is 3.64. The minimum atomic E-state index is -0.768. The SMILES string of the molecule is COc1ccc(-n2ccc(=O)c(C(=O)Nc3ccc(Oc4ccnc5c4ccn5C)c(F)c3)n2)cc1. The normalized spacial score (nSPS) is 10.9. The number of benzene rings is 2. The van der Waals surface area contributed by atoms with Crippen LogP contribution in [0.5, 0.6) is 17.2 Å². The highest BCUT2D eigenvalue weighted by molar-refractivity contribution is 6.02. The van der Waals surface area contributed by atoms with Gasteiger partial charge in [0.05, 0.1) is 18.2 Å². The smallest absolute Gasteiger partial charge is 0.280 e. The Morgan fingerprint density at radius 1 is 1.00 bits per heavy atom. The highest BCUT2D eigenvalue weighted by atomic mass is 19.1. The van der Waals surface area contributed by atoms with Gasteiger partial charge in [-0.3, -0.25) is 9.59 Å². The van der Waals surface area contributed by atoms with E-state index in [1.54, 1.807) is 43.6 Å². The molecule has 0 spiro atoms. The number of ether oxygens (including phenoxy) is 2. The molecule has 3 heterocycles. The van der Waals surface area contributed by atoms with Crippen LogP contribution in [0, 0.1) is 5.82 Å². The van der Waals surface area contributed by atoms with Gasteiger partial charge in [-0.1, -0.05) is 0 Å². The van der Waals surface area contributed by atoms with E-state index in [0.717, 1.165) is 11.5 Å². The summed E-state index contributed by atoms with van der Waals surface area (Å²) >= 11 is 0. The van der Waals surface area contributed by atoms with Crippen LogP contribution in [0.4, 0.5) is 10.1 Å². The molecule has 10 heteroatoms. The molecule has 0 radical (unpaired) electrons. The maximum atomic E-state index is 14.8. The van der Waals surface area contributed by atoms with E-state index in [4.69, 9.17) is 9.47 Å². The Morgan fingerprint density at radius 2 is 1.81 bits per heavy atom. The maximum absolute atomic E-state index is 14.8. The van der Waals surface area contributed by atoms with Gasteiger partial charge in [0.15, 0.2) is 17.3 Å². The number of fused-ring (bicyclic) bond motifs is 1. The third-order valence-electron chi connectivity index (χ3n) is 5.50. The topological polar surface area (TPSA) is 100 Å². The molecule has 0 atom stereocenters. The van der Waals surface area contributed by atoms with Gasteiger partial charge in [0.1, 0.15) is 17.1 Å². The summed E-state index contributed by atoms with van der Waals surface area (Å²) in [4.78, 5) is 29.4. The van der Waals surface area contributed by atoms with Crippen LogP contribution in [0.15, 0.2) is 84.0 Å². The first kappa shape index (κ1) is 22.8. The van der Waals surface area contributed by atoms with E-state index in [9.17, 15) is 14.0 Å². The standard InChI is InChI=1S/C26H20FN5O4/c1-31-13-10-19-22(9-12-28-25(19)31)36-23-8-3-16(15-20(23)27)29-26(34)24-21(33)11-14-32(30-24)17-4-6-18(35-2)7-5-17/h3-15H,1-2H3,(H,29,34).